The first-order valence-corrected chi connectivity index (χ1v) is 6.12. The van der Waals surface area contributed by atoms with Crippen LogP contribution in [-0.4, -0.2) is 48.1 Å². The largest absolute Gasteiger partial charge is 0.284 e. The van der Waals surface area contributed by atoms with Gasteiger partial charge in [0.05, 0.1) is 12.1 Å². The molecule has 2 aliphatic heterocycles. The maximum atomic E-state index is 8.61. The first kappa shape index (κ1) is 11.4. The molecule has 16 heavy (non-hydrogen) atoms. The van der Waals surface area contributed by atoms with E-state index in [1.165, 1.54) is 25.7 Å². The molecule has 0 aromatic rings. The summed E-state index contributed by atoms with van der Waals surface area (Å²) in [6.07, 6.45) is 4.92. The second kappa shape index (κ2) is 5.30. The highest BCUT2D eigenvalue weighted by Gasteiger charge is 2.33. The van der Waals surface area contributed by atoms with E-state index in [0.29, 0.717) is 0 Å². The molecule has 0 aliphatic carbocycles. The first-order valence-electron chi connectivity index (χ1n) is 6.12. The Morgan fingerprint density at radius 1 is 0.812 bits per heavy atom. The van der Waals surface area contributed by atoms with Gasteiger partial charge in [-0.2, -0.15) is 10.5 Å². The third-order valence-corrected chi connectivity index (χ3v) is 3.37. The van der Waals surface area contributed by atoms with Crippen molar-refractivity contribution < 1.29 is 0 Å². The summed E-state index contributed by atoms with van der Waals surface area (Å²) in [5, 5.41) is 17.2. The van der Waals surface area contributed by atoms with Crippen LogP contribution in [0.15, 0.2) is 0 Å². The van der Waals surface area contributed by atoms with Crippen molar-refractivity contribution in [2.24, 2.45) is 0 Å². The summed E-state index contributed by atoms with van der Waals surface area (Å²) >= 11 is 0. The zero-order valence-electron chi connectivity index (χ0n) is 9.60. The van der Waals surface area contributed by atoms with Gasteiger partial charge in [0.15, 0.2) is 0 Å². The van der Waals surface area contributed by atoms with Crippen LogP contribution < -0.4 is 0 Å². The van der Waals surface area contributed by atoms with Crippen LogP contribution in [0.2, 0.25) is 0 Å². The molecule has 0 N–H and O–H groups in total. The van der Waals surface area contributed by atoms with Crippen molar-refractivity contribution in [1.29, 1.82) is 10.5 Å². The van der Waals surface area contributed by atoms with Gasteiger partial charge in [-0.15, -0.1) is 0 Å². The Kier molecular flexibility index (Phi) is 3.77. The lowest BCUT2D eigenvalue weighted by Crippen LogP contribution is -2.04. The summed E-state index contributed by atoms with van der Waals surface area (Å²) in [7, 11) is 0. The van der Waals surface area contributed by atoms with Crippen LogP contribution in [0.3, 0.4) is 0 Å². The van der Waals surface area contributed by atoms with E-state index in [1.54, 1.807) is 0 Å². The van der Waals surface area contributed by atoms with E-state index in [-0.39, 0.29) is 12.1 Å². The van der Waals surface area contributed by atoms with Gasteiger partial charge in [-0.3, -0.25) is 9.80 Å². The average molecular weight is 218 g/mol. The fourth-order valence-corrected chi connectivity index (χ4v) is 2.07. The van der Waals surface area contributed by atoms with Gasteiger partial charge >= 0.3 is 0 Å². The molecule has 0 amide bonds. The summed E-state index contributed by atoms with van der Waals surface area (Å²) in [5.74, 6) is 0. The Labute approximate surface area is 97.0 Å². The van der Waals surface area contributed by atoms with Crippen LogP contribution in [-0.2, 0) is 0 Å². The summed E-state index contributed by atoms with van der Waals surface area (Å²) in [6, 6.07) is 4.96. The van der Waals surface area contributed by atoms with Crippen molar-refractivity contribution in [2.45, 2.75) is 37.8 Å². The Bertz CT molecular complexity index is 282. The van der Waals surface area contributed by atoms with Crippen LogP contribution in [0.4, 0.5) is 0 Å². The lowest BCUT2D eigenvalue weighted by Gasteiger charge is -2.02. The number of rotatable bonds is 7. The molecule has 0 spiro atoms. The molecule has 0 aromatic carbocycles. The highest BCUT2D eigenvalue weighted by atomic mass is 15.3. The van der Waals surface area contributed by atoms with Crippen molar-refractivity contribution in [2.75, 3.05) is 26.2 Å². The Morgan fingerprint density at radius 3 is 1.56 bits per heavy atom. The highest BCUT2D eigenvalue weighted by molar-refractivity contribution is 5.06. The quantitative estimate of drug-likeness (QED) is 0.472. The molecule has 2 aliphatic rings. The number of hydrogen-bond donors (Lipinski definition) is 0. The molecular weight excluding hydrogens is 200 g/mol. The minimum absolute atomic E-state index is 0.217. The summed E-state index contributed by atoms with van der Waals surface area (Å²) in [6.45, 7) is 4.13. The molecule has 4 nitrogen and oxygen atoms in total. The smallest absolute Gasteiger partial charge is 0.111 e. The van der Waals surface area contributed by atoms with Crippen LogP contribution in [0, 0.1) is 22.7 Å². The number of unbranched alkanes of at least 4 members (excludes halogenated alkanes) is 3. The minimum Gasteiger partial charge on any atom is -0.284 e. The zero-order valence-corrected chi connectivity index (χ0v) is 9.60. The van der Waals surface area contributed by atoms with E-state index in [9.17, 15) is 0 Å². The zero-order chi connectivity index (χ0) is 11.4. The van der Waals surface area contributed by atoms with Gasteiger partial charge in [-0.05, 0) is 25.9 Å². The Balaban J connectivity index is 1.37. The fourth-order valence-electron chi connectivity index (χ4n) is 2.07. The van der Waals surface area contributed by atoms with Crippen molar-refractivity contribution in [1.82, 2.24) is 9.80 Å². The Morgan fingerprint density at radius 2 is 1.25 bits per heavy atom. The molecule has 4 heteroatoms. The van der Waals surface area contributed by atoms with Gasteiger partial charge in [0.2, 0.25) is 0 Å². The van der Waals surface area contributed by atoms with Crippen LogP contribution in [0.1, 0.15) is 25.7 Å². The minimum atomic E-state index is 0.217. The van der Waals surface area contributed by atoms with Gasteiger partial charge in [-0.1, -0.05) is 12.8 Å². The number of hydrogen-bond acceptors (Lipinski definition) is 4. The van der Waals surface area contributed by atoms with Gasteiger partial charge < -0.3 is 0 Å². The van der Waals surface area contributed by atoms with Crippen LogP contribution in [0.25, 0.3) is 0 Å². The second-order valence-corrected chi connectivity index (χ2v) is 4.69. The van der Waals surface area contributed by atoms with Crippen LogP contribution in [0.5, 0.6) is 0 Å². The maximum absolute atomic E-state index is 8.61. The first-order chi connectivity index (χ1) is 7.85. The molecule has 0 radical (unpaired) electrons. The molecule has 0 saturated carbocycles. The third-order valence-electron chi connectivity index (χ3n) is 3.37. The van der Waals surface area contributed by atoms with E-state index in [1.807, 2.05) is 0 Å². The van der Waals surface area contributed by atoms with Gasteiger partial charge in [0.1, 0.15) is 12.1 Å². The maximum Gasteiger partial charge on any atom is 0.111 e. The summed E-state index contributed by atoms with van der Waals surface area (Å²) in [4.78, 5) is 4.44. The summed E-state index contributed by atoms with van der Waals surface area (Å²) < 4.78 is 0. The van der Waals surface area contributed by atoms with Crippen LogP contribution >= 0.6 is 0 Å². The SMILES string of the molecule is N#CC1CN1CCCCCCN1CC1C#N. The predicted octanol–water partition coefficient (Wildman–Crippen LogP) is 0.962. The number of nitriles is 2. The summed E-state index contributed by atoms with van der Waals surface area (Å²) in [5.41, 5.74) is 0. The fraction of sp³-hybridized carbons (Fsp3) is 0.833. The molecule has 2 heterocycles. The molecule has 2 rings (SSSR count). The van der Waals surface area contributed by atoms with Crippen molar-refractivity contribution in [3.63, 3.8) is 0 Å². The standard InChI is InChI=1S/C12H18N4/c13-7-11-9-15(11)5-3-1-2-4-6-16-10-12(16)8-14/h11-12H,1-6,9-10H2. The van der Waals surface area contributed by atoms with E-state index >= 15 is 0 Å². The van der Waals surface area contributed by atoms with Crippen molar-refractivity contribution in [3.05, 3.63) is 0 Å². The van der Waals surface area contributed by atoms with E-state index in [0.717, 1.165) is 26.2 Å². The molecule has 2 fully saturated rings. The molecular formula is C12H18N4. The molecule has 4 unspecified atom stereocenters. The molecule has 0 bridgehead atoms. The lowest BCUT2D eigenvalue weighted by atomic mass is 10.2. The van der Waals surface area contributed by atoms with Gasteiger partial charge in [0.25, 0.3) is 0 Å². The molecule has 0 aromatic heterocycles. The Hall–Kier alpha value is -1.10. The van der Waals surface area contributed by atoms with Gasteiger partial charge in [0, 0.05) is 13.1 Å². The molecule has 2 saturated heterocycles. The van der Waals surface area contributed by atoms with Crippen molar-refractivity contribution in [3.8, 4) is 12.1 Å². The van der Waals surface area contributed by atoms with Crippen molar-refractivity contribution >= 4 is 0 Å². The van der Waals surface area contributed by atoms with E-state index < -0.39 is 0 Å². The topological polar surface area (TPSA) is 53.6 Å². The normalized spacial score (nSPS) is 35.1. The molecule has 86 valence electrons. The third kappa shape index (κ3) is 3.20. The predicted molar refractivity (Wildman–Crippen MR) is 60.4 cm³/mol. The lowest BCUT2D eigenvalue weighted by molar-refractivity contribution is 0.462. The van der Waals surface area contributed by atoms with E-state index in [2.05, 4.69) is 21.9 Å². The van der Waals surface area contributed by atoms with Gasteiger partial charge in [-0.25, -0.2) is 0 Å². The second-order valence-electron chi connectivity index (χ2n) is 4.69. The molecule has 4 atom stereocenters. The van der Waals surface area contributed by atoms with E-state index in [4.69, 9.17) is 10.5 Å². The average Bonchev–Trinajstić information content (AvgIpc) is 3.18. The highest BCUT2D eigenvalue weighted by Crippen LogP contribution is 2.19. The monoisotopic (exact) mass is 218 g/mol. The number of nitrogens with zero attached hydrogens (tertiary/aromatic N) is 4.